The number of nitrogens with one attached hydrogen (secondary N) is 2. The van der Waals surface area contributed by atoms with Gasteiger partial charge in [0.1, 0.15) is 0 Å². The first kappa shape index (κ1) is 18.0. The summed E-state index contributed by atoms with van der Waals surface area (Å²) in [4.78, 5) is 17.2. The van der Waals surface area contributed by atoms with Crippen LogP contribution in [0.4, 0.5) is 0 Å². The van der Waals surface area contributed by atoms with Crippen molar-refractivity contribution in [1.29, 1.82) is 0 Å². The molecule has 1 aromatic heterocycles. The number of amides is 1. The minimum absolute atomic E-state index is 0.421. The maximum atomic E-state index is 11.2. The lowest BCUT2D eigenvalue weighted by Crippen LogP contribution is -2.39. The Labute approximate surface area is 147 Å². The smallest absolute Gasteiger partial charge is 0.248 e. The third-order valence-corrected chi connectivity index (χ3v) is 4.68. The van der Waals surface area contributed by atoms with E-state index in [1.165, 1.54) is 4.88 Å². The van der Waals surface area contributed by atoms with Crippen LogP contribution in [0, 0.1) is 0 Å². The van der Waals surface area contributed by atoms with Gasteiger partial charge in [-0.05, 0) is 36.1 Å². The zero-order chi connectivity index (χ0) is 17.4. The van der Waals surface area contributed by atoms with Crippen LogP contribution in [-0.4, -0.2) is 25.0 Å². The van der Waals surface area contributed by atoms with Gasteiger partial charge >= 0.3 is 0 Å². The molecule has 5 nitrogen and oxygen atoms in total. The van der Waals surface area contributed by atoms with E-state index in [0.29, 0.717) is 18.0 Å². The number of carbonyl (C=O) groups is 1. The van der Waals surface area contributed by atoms with Crippen molar-refractivity contribution in [2.45, 2.75) is 26.3 Å². The number of nitrogens with zero attached hydrogens (tertiary/aromatic N) is 1. The molecule has 128 valence electrons. The van der Waals surface area contributed by atoms with Crippen LogP contribution in [-0.2, 0) is 6.54 Å². The first-order chi connectivity index (χ1) is 11.6. The number of carbonyl (C=O) groups excluding carboxylic acids is 1. The van der Waals surface area contributed by atoms with Crippen LogP contribution in [0.1, 0.15) is 40.6 Å². The van der Waals surface area contributed by atoms with E-state index in [2.05, 4.69) is 40.1 Å². The van der Waals surface area contributed by atoms with Gasteiger partial charge in [-0.2, -0.15) is 0 Å². The van der Waals surface area contributed by atoms with Crippen LogP contribution in [0.15, 0.2) is 46.8 Å². The maximum absolute atomic E-state index is 11.2. The standard InChI is InChI=1S/C18H24N4OS/c1-3-20-18(21-11-13(2)16-8-5-9-24-16)22-12-14-6-4-7-15(10-14)17(19)23/h4-10,13H,3,11-12H2,1-2H3,(H2,19,23)(H2,20,21,22). The van der Waals surface area contributed by atoms with Crippen molar-refractivity contribution in [1.82, 2.24) is 10.6 Å². The number of benzene rings is 1. The number of aliphatic imine (C=N–C) groups is 1. The molecule has 0 saturated carbocycles. The average molecular weight is 344 g/mol. The topological polar surface area (TPSA) is 79.5 Å². The largest absolute Gasteiger partial charge is 0.366 e. The number of rotatable bonds is 7. The first-order valence-corrected chi connectivity index (χ1v) is 8.92. The van der Waals surface area contributed by atoms with Crippen LogP contribution in [0.3, 0.4) is 0 Å². The van der Waals surface area contributed by atoms with E-state index in [4.69, 9.17) is 5.73 Å². The van der Waals surface area contributed by atoms with E-state index < -0.39 is 5.91 Å². The van der Waals surface area contributed by atoms with Crippen molar-refractivity contribution in [2.75, 3.05) is 13.1 Å². The predicted octanol–water partition coefficient (Wildman–Crippen LogP) is 2.71. The van der Waals surface area contributed by atoms with Gasteiger partial charge in [0.2, 0.25) is 5.91 Å². The van der Waals surface area contributed by atoms with Crippen molar-refractivity contribution >= 4 is 23.2 Å². The summed E-state index contributed by atoms with van der Waals surface area (Å²) in [7, 11) is 0. The molecule has 1 heterocycles. The molecule has 1 aromatic carbocycles. The van der Waals surface area contributed by atoms with Gasteiger partial charge in [-0.1, -0.05) is 25.1 Å². The van der Waals surface area contributed by atoms with Gasteiger partial charge in [0, 0.05) is 29.4 Å². The maximum Gasteiger partial charge on any atom is 0.248 e. The van der Waals surface area contributed by atoms with Crippen molar-refractivity contribution in [3.63, 3.8) is 0 Å². The summed E-state index contributed by atoms with van der Waals surface area (Å²) in [6.07, 6.45) is 0. The Kier molecular flexibility index (Phi) is 6.81. The van der Waals surface area contributed by atoms with E-state index in [1.54, 1.807) is 23.5 Å². The van der Waals surface area contributed by atoms with E-state index in [1.807, 2.05) is 19.1 Å². The third kappa shape index (κ3) is 5.38. The molecule has 2 aromatic rings. The summed E-state index contributed by atoms with van der Waals surface area (Å²) in [6.45, 7) is 6.32. The van der Waals surface area contributed by atoms with Gasteiger partial charge < -0.3 is 16.4 Å². The highest BCUT2D eigenvalue weighted by atomic mass is 32.1. The second kappa shape index (κ2) is 9.08. The van der Waals surface area contributed by atoms with Crippen molar-refractivity contribution in [2.24, 2.45) is 10.7 Å². The fraction of sp³-hybridized carbons (Fsp3) is 0.333. The molecule has 1 amide bonds. The predicted molar refractivity (Wildman–Crippen MR) is 101 cm³/mol. The number of primary amides is 1. The third-order valence-electron chi connectivity index (χ3n) is 3.58. The fourth-order valence-electron chi connectivity index (χ4n) is 2.26. The zero-order valence-corrected chi connectivity index (χ0v) is 14.9. The Bertz CT molecular complexity index is 682. The van der Waals surface area contributed by atoms with Crippen LogP contribution < -0.4 is 16.4 Å². The summed E-state index contributed by atoms with van der Waals surface area (Å²) in [5.41, 5.74) is 6.78. The lowest BCUT2D eigenvalue weighted by Gasteiger charge is -2.15. The SMILES string of the molecule is CCNC(=NCc1cccc(C(N)=O)c1)NCC(C)c1cccs1. The molecule has 2 rings (SSSR count). The molecule has 4 N–H and O–H groups in total. The molecular weight excluding hydrogens is 320 g/mol. The Morgan fingerprint density at radius 3 is 2.79 bits per heavy atom. The molecule has 6 heteroatoms. The molecule has 0 aliphatic carbocycles. The summed E-state index contributed by atoms with van der Waals surface area (Å²) in [5.74, 6) is 0.771. The van der Waals surface area contributed by atoms with Gasteiger partial charge in [0.25, 0.3) is 0 Å². The highest BCUT2D eigenvalue weighted by molar-refractivity contribution is 7.10. The molecule has 1 atom stereocenters. The summed E-state index contributed by atoms with van der Waals surface area (Å²) in [6, 6.07) is 11.5. The van der Waals surface area contributed by atoms with Crippen LogP contribution in [0.5, 0.6) is 0 Å². The quantitative estimate of drug-likeness (QED) is 0.534. The van der Waals surface area contributed by atoms with Gasteiger partial charge in [-0.25, -0.2) is 4.99 Å². The number of guanidine groups is 1. The average Bonchev–Trinajstić information content (AvgIpc) is 3.12. The van der Waals surface area contributed by atoms with Crippen LogP contribution >= 0.6 is 11.3 Å². The fourth-order valence-corrected chi connectivity index (χ4v) is 3.04. The van der Waals surface area contributed by atoms with Gasteiger partial charge in [0.05, 0.1) is 6.54 Å². The minimum atomic E-state index is -0.421. The molecule has 0 radical (unpaired) electrons. The highest BCUT2D eigenvalue weighted by Gasteiger charge is 2.07. The summed E-state index contributed by atoms with van der Waals surface area (Å²) in [5, 5.41) is 8.71. The monoisotopic (exact) mass is 344 g/mol. The molecule has 24 heavy (non-hydrogen) atoms. The second-order valence-electron chi connectivity index (χ2n) is 5.56. The lowest BCUT2D eigenvalue weighted by atomic mass is 10.1. The van der Waals surface area contributed by atoms with E-state index >= 15 is 0 Å². The molecule has 0 saturated heterocycles. The molecular formula is C18H24N4OS. The summed E-state index contributed by atoms with van der Waals surface area (Å²) >= 11 is 1.77. The summed E-state index contributed by atoms with van der Waals surface area (Å²) < 4.78 is 0. The van der Waals surface area contributed by atoms with Crippen LogP contribution in [0.2, 0.25) is 0 Å². The number of hydrogen-bond donors (Lipinski definition) is 3. The van der Waals surface area contributed by atoms with Crippen LogP contribution in [0.25, 0.3) is 0 Å². The Morgan fingerprint density at radius 1 is 1.29 bits per heavy atom. The van der Waals surface area contributed by atoms with E-state index in [-0.39, 0.29) is 0 Å². The second-order valence-corrected chi connectivity index (χ2v) is 6.54. The van der Waals surface area contributed by atoms with Gasteiger partial charge in [-0.15, -0.1) is 11.3 Å². The molecule has 1 unspecified atom stereocenters. The van der Waals surface area contributed by atoms with Crippen molar-refractivity contribution in [3.05, 3.63) is 57.8 Å². The van der Waals surface area contributed by atoms with E-state index in [0.717, 1.165) is 24.6 Å². The first-order valence-electron chi connectivity index (χ1n) is 8.04. The molecule has 0 aliphatic heterocycles. The van der Waals surface area contributed by atoms with E-state index in [9.17, 15) is 4.79 Å². The normalized spacial score (nSPS) is 12.7. The zero-order valence-electron chi connectivity index (χ0n) is 14.1. The van der Waals surface area contributed by atoms with Gasteiger partial charge in [-0.3, -0.25) is 4.79 Å². The number of nitrogens with two attached hydrogens (primary N) is 1. The number of thiophene rings is 1. The molecule has 0 bridgehead atoms. The molecule has 0 fully saturated rings. The highest BCUT2D eigenvalue weighted by Crippen LogP contribution is 2.19. The Balaban J connectivity index is 1.97. The van der Waals surface area contributed by atoms with Crippen molar-refractivity contribution < 1.29 is 4.79 Å². The van der Waals surface area contributed by atoms with Crippen molar-refractivity contribution in [3.8, 4) is 0 Å². The van der Waals surface area contributed by atoms with Gasteiger partial charge in [0.15, 0.2) is 5.96 Å². The Morgan fingerprint density at radius 2 is 2.12 bits per heavy atom. The number of hydrogen-bond acceptors (Lipinski definition) is 3. The molecule has 0 aliphatic rings. The Hall–Kier alpha value is -2.34. The molecule has 0 spiro atoms. The lowest BCUT2D eigenvalue weighted by molar-refractivity contribution is 0.1000. The minimum Gasteiger partial charge on any atom is -0.366 e.